The number of carbonyl (C=O) groups is 1. The zero-order valence-corrected chi connectivity index (χ0v) is 19.6. The van der Waals surface area contributed by atoms with Gasteiger partial charge in [0.1, 0.15) is 22.2 Å². The van der Waals surface area contributed by atoms with Crippen LogP contribution in [-0.4, -0.2) is 37.6 Å². The summed E-state index contributed by atoms with van der Waals surface area (Å²) in [5.41, 5.74) is -1.28. The highest BCUT2D eigenvalue weighted by Gasteiger charge is 2.22. The Morgan fingerprint density at radius 1 is 1.12 bits per heavy atom. The number of nitrogens with one attached hydrogen (secondary N) is 1. The predicted octanol–water partition coefficient (Wildman–Crippen LogP) is 2.78. The van der Waals surface area contributed by atoms with Crippen molar-refractivity contribution in [2.45, 2.75) is 6.92 Å². The molecule has 11 heteroatoms. The Morgan fingerprint density at radius 2 is 1.79 bits per heavy atom. The molecule has 0 bridgehead atoms. The minimum absolute atomic E-state index is 0.0129. The molecule has 9 nitrogen and oxygen atoms in total. The second kappa shape index (κ2) is 10.8. The molecule has 3 aromatic rings. The van der Waals surface area contributed by atoms with E-state index in [4.69, 9.17) is 4.74 Å². The molecular weight excluding hydrogens is 463 g/mol. The summed E-state index contributed by atoms with van der Waals surface area (Å²) in [4.78, 5) is 41.9. The number of halogens is 1. The second-order valence-corrected chi connectivity index (χ2v) is 8.03. The maximum Gasteiger partial charge on any atom is 0.333 e. The van der Waals surface area contributed by atoms with Gasteiger partial charge in [-0.2, -0.15) is 0 Å². The maximum atomic E-state index is 13.9. The molecule has 0 aliphatic heterocycles. The fourth-order valence-electron chi connectivity index (χ4n) is 2.96. The fourth-order valence-corrected chi connectivity index (χ4v) is 3.80. The van der Waals surface area contributed by atoms with E-state index >= 15 is 0 Å². The van der Waals surface area contributed by atoms with Crippen molar-refractivity contribution in [1.82, 2.24) is 9.13 Å². The summed E-state index contributed by atoms with van der Waals surface area (Å²) >= 11 is 0.864. The molecule has 2 aromatic carbocycles. The molecule has 0 aliphatic carbocycles. The molecule has 2 N–H and O–H groups in total. The van der Waals surface area contributed by atoms with Crippen LogP contribution in [0.3, 0.4) is 0 Å². The van der Waals surface area contributed by atoms with E-state index in [-0.39, 0.29) is 22.0 Å². The average Bonchev–Trinajstić information content (AvgIpc) is 2.82. The van der Waals surface area contributed by atoms with Crippen LogP contribution in [0.5, 0.6) is 11.6 Å². The molecule has 0 fully saturated rings. The number of thioether (sulfide) groups is 1. The molecule has 1 heterocycles. The Bertz CT molecular complexity index is 1350. The minimum atomic E-state index is -0.771. The highest BCUT2D eigenvalue weighted by atomic mass is 32.2. The summed E-state index contributed by atoms with van der Waals surface area (Å²) < 4.78 is 21.0. The second-order valence-electron chi connectivity index (χ2n) is 7.06. The van der Waals surface area contributed by atoms with Crippen LogP contribution >= 0.6 is 11.8 Å². The van der Waals surface area contributed by atoms with Crippen molar-refractivity contribution in [3.8, 4) is 11.6 Å². The van der Waals surface area contributed by atoms with Gasteiger partial charge in [0.2, 0.25) is 11.8 Å². The largest absolute Gasteiger partial charge is 0.494 e. The lowest BCUT2D eigenvalue weighted by molar-refractivity contribution is -0.113. The molecule has 0 radical (unpaired) electrons. The van der Waals surface area contributed by atoms with E-state index in [0.717, 1.165) is 20.9 Å². The highest BCUT2D eigenvalue weighted by Crippen LogP contribution is 2.25. The molecule has 1 aromatic heterocycles. The van der Waals surface area contributed by atoms with E-state index in [1.165, 1.54) is 32.3 Å². The third-order valence-electron chi connectivity index (χ3n) is 4.71. The van der Waals surface area contributed by atoms with Gasteiger partial charge in [0.05, 0.1) is 23.7 Å². The highest BCUT2D eigenvalue weighted by molar-refractivity contribution is 8.15. The zero-order chi connectivity index (χ0) is 24.8. The van der Waals surface area contributed by atoms with Crippen molar-refractivity contribution >= 4 is 34.1 Å². The number of aliphatic imine (C=N–C) groups is 1. The summed E-state index contributed by atoms with van der Waals surface area (Å²) in [5, 5.41) is 13.0. The molecule has 0 unspecified atom stereocenters. The number of rotatable bonds is 7. The molecule has 178 valence electrons. The summed E-state index contributed by atoms with van der Waals surface area (Å²) in [6.07, 6.45) is 0. The predicted molar refractivity (Wildman–Crippen MR) is 130 cm³/mol. The standard InChI is InChI=1S/C23H23FN4O5S/c1-4-33-15-11-9-14(10-12-15)25-20(19-21(30)27(2)23(32)28(3)22(19)31)34-13-18(29)26-17-8-6-5-7-16(17)24/h5-12,30H,4,13H2,1-3H3,(H,26,29). The third kappa shape index (κ3) is 5.54. The first-order valence-electron chi connectivity index (χ1n) is 10.2. The van der Waals surface area contributed by atoms with Gasteiger partial charge in [-0.15, -0.1) is 0 Å². The number of ether oxygens (including phenoxy) is 1. The fraction of sp³-hybridized carbons (Fsp3) is 0.217. The first-order chi connectivity index (χ1) is 16.2. The number of anilines is 1. The molecular formula is C23H23FN4O5S. The van der Waals surface area contributed by atoms with E-state index in [2.05, 4.69) is 10.3 Å². The molecule has 0 saturated carbocycles. The van der Waals surface area contributed by atoms with Gasteiger partial charge in [-0.25, -0.2) is 14.2 Å². The van der Waals surface area contributed by atoms with E-state index < -0.39 is 28.9 Å². The van der Waals surface area contributed by atoms with Crippen LogP contribution in [0.4, 0.5) is 15.8 Å². The SMILES string of the molecule is CCOc1ccc(N=C(SCC(=O)Nc2ccccc2F)c2c(O)n(C)c(=O)n(C)c2=O)cc1. The smallest absolute Gasteiger partial charge is 0.333 e. The van der Waals surface area contributed by atoms with Crippen LogP contribution in [0.2, 0.25) is 0 Å². The van der Waals surface area contributed by atoms with Gasteiger partial charge in [-0.05, 0) is 43.3 Å². The van der Waals surface area contributed by atoms with Crippen LogP contribution in [0.15, 0.2) is 63.1 Å². The number of benzene rings is 2. The quantitative estimate of drug-likeness (QED) is 0.392. The minimum Gasteiger partial charge on any atom is -0.494 e. The van der Waals surface area contributed by atoms with Crippen molar-refractivity contribution < 1.29 is 19.0 Å². The number of hydrogen-bond acceptors (Lipinski definition) is 7. The van der Waals surface area contributed by atoms with Crippen molar-refractivity contribution in [2.24, 2.45) is 19.1 Å². The van der Waals surface area contributed by atoms with E-state index in [9.17, 15) is 23.9 Å². The summed E-state index contributed by atoms with van der Waals surface area (Å²) in [6.45, 7) is 2.34. The first-order valence-corrected chi connectivity index (χ1v) is 11.2. The van der Waals surface area contributed by atoms with Gasteiger partial charge in [0.15, 0.2) is 0 Å². The lowest BCUT2D eigenvalue weighted by atomic mass is 10.3. The number of nitrogens with zero attached hydrogens (tertiary/aromatic N) is 3. The Hall–Kier alpha value is -3.86. The lowest BCUT2D eigenvalue weighted by Crippen LogP contribution is -2.39. The van der Waals surface area contributed by atoms with E-state index in [1.54, 1.807) is 30.3 Å². The van der Waals surface area contributed by atoms with Crippen molar-refractivity contribution in [3.63, 3.8) is 0 Å². The van der Waals surface area contributed by atoms with Crippen LogP contribution in [0.1, 0.15) is 12.5 Å². The molecule has 3 rings (SSSR count). The molecule has 0 aliphatic rings. The topological polar surface area (TPSA) is 115 Å². The van der Waals surface area contributed by atoms with Gasteiger partial charge >= 0.3 is 5.69 Å². The van der Waals surface area contributed by atoms with E-state index in [1.807, 2.05) is 6.92 Å². The summed E-state index contributed by atoms with van der Waals surface area (Å²) in [6, 6.07) is 12.4. The van der Waals surface area contributed by atoms with Crippen LogP contribution in [0.25, 0.3) is 0 Å². The third-order valence-corrected chi connectivity index (χ3v) is 5.69. The van der Waals surface area contributed by atoms with Crippen molar-refractivity contribution in [1.29, 1.82) is 0 Å². The van der Waals surface area contributed by atoms with Gasteiger partial charge in [0.25, 0.3) is 5.56 Å². The molecule has 0 saturated heterocycles. The molecule has 0 spiro atoms. The van der Waals surface area contributed by atoms with Crippen LogP contribution in [-0.2, 0) is 18.9 Å². The molecule has 34 heavy (non-hydrogen) atoms. The van der Waals surface area contributed by atoms with Crippen molar-refractivity contribution in [3.05, 3.63) is 80.7 Å². The number of aromatic nitrogens is 2. The maximum absolute atomic E-state index is 13.9. The Balaban J connectivity index is 1.98. The lowest BCUT2D eigenvalue weighted by Gasteiger charge is -2.13. The van der Waals surface area contributed by atoms with Crippen LogP contribution < -0.4 is 21.3 Å². The number of aromatic hydroxyl groups is 1. The Kier molecular flexibility index (Phi) is 7.90. The normalized spacial score (nSPS) is 11.4. The monoisotopic (exact) mass is 486 g/mol. The molecule has 1 amide bonds. The first kappa shape index (κ1) is 24.8. The van der Waals surface area contributed by atoms with Crippen molar-refractivity contribution in [2.75, 3.05) is 17.7 Å². The number of amides is 1. The van der Waals surface area contributed by atoms with Gasteiger partial charge < -0.3 is 15.2 Å². The summed E-state index contributed by atoms with van der Waals surface area (Å²) in [5.74, 6) is -1.33. The van der Waals surface area contributed by atoms with Crippen LogP contribution in [0, 0.1) is 5.82 Å². The zero-order valence-electron chi connectivity index (χ0n) is 18.7. The number of carbonyl (C=O) groups excluding carboxylic acids is 1. The Morgan fingerprint density at radius 3 is 2.44 bits per heavy atom. The number of hydrogen-bond donors (Lipinski definition) is 2. The van der Waals surface area contributed by atoms with Gasteiger partial charge in [0, 0.05) is 14.1 Å². The summed E-state index contributed by atoms with van der Waals surface area (Å²) in [7, 11) is 2.59. The molecule has 0 atom stereocenters. The van der Waals surface area contributed by atoms with Gasteiger partial charge in [-0.3, -0.25) is 18.7 Å². The number of para-hydroxylation sites is 1. The van der Waals surface area contributed by atoms with Gasteiger partial charge in [-0.1, -0.05) is 23.9 Å². The van der Waals surface area contributed by atoms with E-state index in [0.29, 0.717) is 18.0 Å². The average molecular weight is 487 g/mol. The Labute approximate surface area is 198 Å².